The van der Waals surface area contributed by atoms with Gasteiger partial charge in [-0.25, -0.2) is 4.98 Å². The SMILES string of the molecule is O=C(NCc1ccccc1Cl)c1cc(Cl)nc(Cl)c1. The van der Waals surface area contributed by atoms with Gasteiger partial charge in [0, 0.05) is 17.1 Å². The molecule has 0 unspecified atom stereocenters. The van der Waals surface area contributed by atoms with Gasteiger partial charge in [0.05, 0.1) is 0 Å². The molecule has 0 spiro atoms. The molecule has 0 saturated heterocycles. The molecule has 0 radical (unpaired) electrons. The van der Waals surface area contributed by atoms with Crippen LogP contribution in [0.2, 0.25) is 15.3 Å². The Morgan fingerprint density at radius 2 is 1.74 bits per heavy atom. The lowest BCUT2D eigenvalue weighted by Crippen LogP contribution is -2.23. The first-order valence-electron chi connectivity index (χ1n) is 5.41. The zero-order chi connectivity index (χ0) is 13.8. The van der Waals surface area contributed by atoms with E-state index in [-0.39, 0.29) is 16.2 Å². The quantitative estimate of drug-likeness (QED) is 0.871. The fourth-order valence-electron chi connectivity index (χ4n) is 1.52. The Hall–Kier alpha value is -1.29. The number of benzene rings is 1. The minimum Gasteiger partial charge on any atom is -0.348 e. The smallest absolute Gasteiger partial charge is 0.251 e. The number of halogens is 3. The van der Waals surface area contributed by atoms with Crippen molar-refractivity contribution in [3.8, 4) is 0 Å². The number of carbonyl (C=O) groups is 1. The van der Waals surface area contributed by atoms with Gasteiger partial charge in [0.25, 0.3) is 5.91 Å². The van der Waals surface area contributed by atoms with Crippen LogP contribution < -0.4 is 5.32 Å². The van der Waals surface area contributed by atoms with Gasteiger partial charge in [-0.1, -0.05) is 53.0 Å². The largest absolute Gasteiger partial charge is 0.348 e. The lowest BCUT2D eigenvalue weighted by Gasteiger charge is -2.07. The maximum Gasteiger partial charge on any atom is 0.251 e. The van der Waals surface area contributed by atoms with Crippen LogP contribution in [0.15, 0.2) is 36.4 Å². The first-order valence-corrected chi connectivity index (χ1v) is 6.54. The highest BCUT2D eigenvalue weighted by molar-refractivity contribution is 6.33. The normalized spacial score (nSPS) is 10.3. The summed E-state index contributed by atoms with van der Waals surface area (Å²) in [5.74, 6) is -0.286. The highest BCUT2D eigenvalue weighted by Gasteiger charge is 2.09. The number of carbonyl (C=O) groups excluding carboxylic acids is 1. The second-order valence-corrected chi connectivity index (χ2v) is 4.96. The fourth-order valence-corrected chi connectivity index (χ4v) is 2.18. The summed E-state index contributed by atoms with van der Waals surface area (Å²) >= 11 is 17.5. The maximum absolute atomic E-state index is 11.9. The van der Waals surface area contributed by atoms with Crippen molar-refractivity contribution < 1.29 is 4.79 Å². The zero-order valence-electron chi connectivity index (χ0n) is 9.66. The van der Waals surface area contributed by atoms with Crippen molar-refractivity contribution >= 4 is 40.7 Å². The third-order valence-corrected chi connectivity index (χ3v) is 3.18. The van der Waals surface area contributed by atoms with Gasteiger partial charge >= 0.3 is 0 Å². The van der Waals surface area contributed by atoms with Gasteiger partial charge < -0.3 is 5.32 Å². The van der Waals surface area contributed by atoms with Crippen molar-refractivity contribution in [1.29, 1.82) is 0 Å². The molecular weight excluding hydrogens is 307 g/mol. The molecule has 0 atom stereocenters. The maximum atomic E-state index is 11.9. The molecule has 2 aromatic rings. The number of nitrogens with one attached hydrogen (secondary N) is 1. The summed E-state index contributed by atoms with van der Waals surface area (Å²) in [5, 5.41) is 3.70. The molecule has 1 heterocycles. The zero-order valence-corrected chi connectivity index (χ0v) is 11.9. The number of aromatic nitrogens is 1. The Kier molecular flexibility index (Phi) is 4.64. The van der Waals surface area contributed by atoms with E-state index in [9.17, 15) is 4.79 Å². The molecule has 3 nitrogen and oxygen atoms in total. The molecule has 1 aromatic carbocycles. The molecule has 2 rings (SSSR count). The van der Waals surface area contributed by atoms with Crippen LogP contribution in [0.5, 0.6) is 0 Å². The Balaban J connectivity index is 2.08. The van der Waals surface area contributed by atoms with Crippen molar-refractivity contribution in [3.05, 3.63) is 62.9 Å². The highest BCUT2D eigenvalue weighted by Crippen LogP contribution is 2.16. The summed E-state index contributed by atoms with van der Waals surface area (Å²) in [6, 6.07) is 10.2. The predicted molar refractivity (Wildman–Crippen MR) is 76.9 cm³/mol. The average molecular weight is 316 g/mol. The van der Waals surface area contributed by atoms with E-state index in [1.165, 1.54) is 12.1 Å². The van der Waals surface area contributed by atoms with Gasteiger partial charge in [0.1, 0.15) is 10.3 Å². The summed E-state index contributed by atoms with van der Waals surface area (Å²) in [4.78, 5) is 15.7. The number of amides is 1. The Morgan fingerprint density at radius 3 is 2.37 bits per heavy atom. The molecule has 6 heteroatoms. The Labute approximate surface area is 125 Å². The van der Waals surface area contributed by atoms with Crippen LogP contribution in [0.25, 0.3) is 0 Å². The van der Waals surface area contributed by atoms with E-state index in [1.807, 2.05) is 18.2 Å². The van der Waals surface area contributed by atoms with Crippen LogP contribution in [-0.4, -0.2) is 10.9 Å². The second kappa shape index (κ2) is 6.24. The third kappa shape index (κ3) is 3.83. The van der Waals surface area contributed by atoms with E-state index in [1.54, 1.807) is 6.07 Å². The lowest BCUT2D eigenvalue weighted by molar-refractivity contribution is 0.0951. The van der Waals surface area contributed by atoms with Crippen molar-refractivity contribution in [1.82, 2.24) is 10.3 Å². The van der Waals surface area contributed by atoms with Gasteiger partial charge in [-0.2, -0.15) is 0 Å². The van der Waals surface area contributed by atoms with Crippen LogP contribution in [0.4, 0.5) is 0 Å². The van der Waals surface area contributed by atoms with Crippen LogP contribution in [0.3, 0.4) is 0 Å². The first kappa shape index (κ1) is 14.1. The number of hydrogen-bond acceptors (Lipinski definition) is 2. The second-order valence-electron chi connectivity index (χ2n) is 3.78. The summed E-state index contributed by atoms with van der Waals surface area (Å²) in [7, 11) is 0. The molecule has 1 amide bonds. The third-order valence-electron chi connectivity index (χ3n) is 2.42. The molecule has 0 aliphatic carbocycles. The molecule has 0 aliphatic heterocycles. The molecule has 0 aliphatic rings. The van der Waals surface area contributed by atoms with Crippen LogP contribution in [-0.2, 0) is 6.54 Å². The van der Waals surface area contributed by atoms with E-state index >= 15 is 0 Å². The molecule has 0 fully saturated rings. The van der Waals surface area contributed by atoms with Gasteiger partial charge in [-0.3, -0.25) is 4.79 Å². The Bertz CT molecular complexity index is 596. The van der Waals surface area contributed by atoms with Crippen molar-refractivity contribution in [2.45, 2.75) is 6.54 Å². The average Bonchev–Trinajstić information content (AvgIpc) is 2.36. The van der Waals surface area contributed by atoms with Crippen molar-refractivity contribution in [2.24, 2.45) is 0 Å². The molecule has 98 valence electrons. The Morgan fingerprint density at radius 1 is 1.11 bits per heavy atom. The van der Waals surface area contributed by atoms with Crippen LogP contribution >= 0.6 is 34.8 Å². The predicted octanol–water partition coefficient (Wildman–Crippen LogP) is 3.97. The molecular formula is C13H9Cl3N2O. The number of nitrogens with zero attached hydrogens (tertiary/aromatic N) is 1. The van der Waals surface area contributed by atoms with Crippen molar-refractivity contribution in [2.75, 3.05) is 0 Å². The molecule has 0 saturated carbocycles. The summed E-state index contributed by atoms with van der Waals surface area (Å²) in [5.41, 5.74) is 1.20. The van der Waals surface area contributed by atoms with E-state index < -0.39 is 0 Å². The lowest BCUT2D eigenvalue weighted by atomic mass is 10.2. The van der Waals surface area contributed by atoms with Gasteiger partial charge in [0.2, 0.25) is 0 Å². The molecule has 0 bridgehead atoms. The number of rotatable bonds is 3. The fraction of sp³-hybridized carbons (Fsp3) is 0.0769. The van der Waals surface area contributed by atoms with E-state index in [0.29, 0.717) is 17.1 Å². The van der Waals surface area contributed by atoms with Crippen molar-refractivity contribution in [3.63, 3.8) is 0 Å². The summed E-state index contributed by atoms with van der Waals surface area (Å²) in [6.07, 6.45) is 0. The standard InChI is InChI=1S/C13H9Cl3N2O/c14-10-4-2-1-3-8(10)7-17-13(19)9-5-11(15)18-12(16)6-9/h1-6H,7H2,(H,17,19). The summed E-state index contributed by atoms with van der Waals surface area (Å²) < 4.78 is 0. The topological polar surface area (TPSA) is 42.0 Å². The first-order chi connectivity index (χ1) is 9.06. The molecule has 19 heavy (non-hydrogen) atoms. The van der Waals surface area contributed by atoms with E-state index in [4.69, 9.17) is 34.8 Å². The number of pyridine rings is 1. The minimum absolute atomic E-state index is 0.176. The van der Waals surface area contributed by atoms with E-state index in [0.717, 1.165) is 5.56 Å². The van der Waals surface area contributed by atoms with Gasteiger partial charge in [-0.05, 0) is 23.8 Å². The monoisotopic (exact) mass is 314 g/mol. The van der Waals surface area contributed by atoms with Gasteiger partial charge in [-0.15, -0.1) is 0 Å². The molecule has 1 N–H and O–H groups in total. The molecule has 1 aromatic heterocycles. The summed E-state index contributed by atoms with van der Waals surface area (Å²) in [6.45, 7) is 0.329. The minimum atomic E-state index is -0.286. The van der Waals surface area contributed by atoms with Crippen LogP contribution in [0, 0.1) is 0 Å². The highest BCUT2D eigenvalue weighted by atomic mass is 35.5. The van der Waals surface area contributed by atoms with E-state index in [2.05, 4.69) is 10.3 Å². The van der Waals surface area contributed by atoms with Gasteiger partial charge in [0.15, 0.2) is 0 Å². The number of hydrogen-bond donors (Lipinski definition) is 1. The van der Waals surface area contributed by atoms with Crippen LogP contribution in [0.1, 0.15) is 15.9 Å².